The van der Waals surface area contributed by atoms with E-state index in [9.17, 15) is 4.79 Å². The van der Waals surface area contributed by atoms with E-state index in [1.54, 1.807) is 0 Å². The molecular formula is C15H29N3O. The summed E-state index contributed by atoms with van der Waals surface area (Å²) in [5.41, 5.74) is 0.0824. The molecular weight excluding hydrogens is 238 g/mol. The number of amides is 1. The van der Waals surface area contributed by atoms with Crippen LogP contribution in [0.4, 0.5) is 0 Å². The van der Waals surface area contributed by atoms with Crippen LogP contribution in [0.2, 0.25) is 0 Å². The van der Waals surface area contributed by atoms with Crippen molar-refractivity contribution in [1.29, 1.82) is 0 Å². The summed E-state index contributed by atoms with van der Waals surface area (Å²) in [7, 11) is 0. The fraction of sp³-hybridized carbons (Fsp3) is 0.933. The van der Waals surface area contributed by atoms with Gasteiger partial charge >= 0.3 is 0 Å². The van der Waals surface area contributed by atoms with Crippen molar-refractivity contribution in [3.63, 3.8) is 0 Å². The predicted molar refractivity (Wildman–Crippen MR) is 78.2 cm³/mol. The van der Waals surface area contributed by atoms with Crippen LogP contribution in [-0.2, 0) is 4.79 Å². The average Bonchev–Trinajstić information content (AvgIpc) is 2.60. The van der Waals surface area contributed by atoms with Crippen LogP contribution in [0.15, 0.2) is 0 Å². The first-order valence-electron chi connectivity index (χ1n) is 7.83. The van der Waals surface area contributed by atoms with Crippen molar-refractivity contribution in [3.05, 3.63) is 0 Å². The van der Waals surface area contributed by atoms with E-state index in [-0.39, 0.29) is 11.4 Å². The van der Waals surface area contributed by atoms with Crippen LogP contribution in [0, 0.1) is 0 Å². The Morgan fingerprint density at radius 3 is 2.58 bits per heavy atom. The molecule has 0 aromatic carbocycles. The highest BCUT2D eigenvalue weighted by molar-refractivity contribution is 5.78. The first-order chi connectivity index (χ1) is 9.08. The van der Waals surface area contributed by atoms with Crippen LogP contribution >= 0.6 is 0 Å². The number of nitrogens with zero attached hydrogens (tertiary/aromatic N) is 1. The van der Waals surface area contributed by atoms with E-state index in [2.05, 4.69) is 29.4 Å². The Morgan fingerprint density at radius 1 is 1.26 bits per heavy atom. The highest BCUT2D eigenvalue weighted by Gasteiger charge is 2.31. The zero-order valence-electron chi connectivity index (χ0n) is 12.5. The number of carbonyl (C=O) groups is 1. The summed E-state index contributed by atoms with van der Waals surface area (Å²) in [6.45, 7) is 7.87. The van der Waals surface area contributed by atoms with Gasteiger partial charge in [0.1, 0.15) is 0 Å². The molecule has 4 heteroatoms. The average molecular weight is 267 g/mol. The minimum absolute atomic E-state index is 0.0824. The smallest absolute Gasteiger partial charge is 0.234 e. The summed E-state index contributed by atoms with van der Waals surface area (Å²) in [6.07, 6.45) is 7.52. The summed E-state index contributed by atoms with van der Waals surface area (Å²) in [5, 5.41) is 6.64. The third-order valence-electron chi connectivity index (χ3n) is 4.53. The molecule has 2 aliphatic rings. The van der Waals surface area contributed by atoms with Gasteiger partial charge in [-0.15, -0.1) is 0 Å². The van der Waals surface area contributed by atoms with Gasteiger partial charge in [0, 0.05) is 31.2 Å². The number of piperazine rings is 1. The lowest BCUT2D eigenvalue weighted by Gasteiger charge is -2.42. The van der Waals surface area contributed by atoms with Gasteiger partial charge in [-0.2, -0.15) is 0 Å². The number of rotatable bonds is 3. The number of nitrogens with one attached hydrogen (secondary N) is 2. The monoisotopic (exact) mass is 267 g/mol. The maximum absolute atomic E-state index is 12.2. The molecule has 0 aromatic rings. The lowest BCUT2D eigenvalue weighted by atomic mass is 10.00. The van der Waals surface area contributed by atoms with E-state index >= 15 is 0 Å². The Balaban J connectivity index is 1.79. The van der Waals surface area contributed by atoms with Crippen LogP contribution in [0.5, 0.6) is 0 Å². The van der Waals surface area contributed by atoms with Gasteiger partial charge < -0.3 is 10.6 Å². The van der Waals surface area contributed by atoms with Crippen LogP contribution in [0.25, 0.3) is 0 Å². The molecule has 2 fully saturated rings. The van der Waals surface area contributed by atoms with Crippen molar-refractivity contribution in [2.75, 3.05) is 26.2 Å². The minimum atomic E-state index is 0.0824. The van der Waals surface area contributed by atoms with Gasteiger partial charge in [-0.1, -0.05) is 25.7 Å². The van der Waals surface area contributed by atoms with E-state index in [4.69, 9.17) is 0 Å². The first kappa shape index (κ1) is 14.8. The molecule has 1 heterocycles. The Bertz CT molecular complexity index is 296. The molecule has 1 aliphatic carbocycles. The highest BCUT2D eigenvalue weighted by Crippen LogP contribution is 2.18. The van der Waals surface area contributed by atoms with Gasteiger partial charge in [0.05, 0.1) is 6.54 Å². The van der Waals surface area contributed by atoms with Gasteiger partial charge in [-0.3, -0.25) is 9.69 Å². The summed E-state index contributed by atoms with van der Waals surface area (Å²) in [4.78, 5) is 14.5. The van der Waals surface area contributed by atoms with Crippen LogP contribution in [-0.4, -0.2) is 48.6 Å². The number of hydrogen-bond acceptors (Lipinski definition) is 3. The molecule has 1 saturated heterocycles. The molecule has 0 spiro atoms. The first-order valence-corrected chi connectivity index (χ1v) is 7.83. The topological polar surface area (TPSA) is 44.4 Å². The highest BCUT2D eigenvalue weighted by atomic mass is 16.2. The standard InChI is InChI=1S/C15H29N3O/c1-15(2)12-16-9-10-18(15)11-14(19)17-13-7-5-3-4-6-8-13/h13,16H,3-12H2,1-2H3,(H,17,19). The van der Waals surface area contributed by atoms with E-state index in [0.717, 1.165) is 32.5 Å². The predicted octanol–water partition coefficient (Wildman–Crippen LogP) is 1.51. The van der Waals surface area contributed by atoms with Gasteiger partial charge in [0.15, 0.2) is 0 Å². The Kier molecular flexibility index (Phi) is 5.22. The molecule has 0 radical (unpaired) electrons. The third kappa shape index (κ3) is 4.46. The van der Waals surface area contributed by atoms with Gasteiger partial charge in [-0.25, -0.2) is 0 Å². The van der Waals surface area contributed by atoms with Crippen molar-refractivity contribution < 1.29 is 4.79 Å². The minimum Gasteiger partial charge on any atom is -0.352 e. The maximum Gasteiger partial charge on any atom is 0.234 e. The Labute approximate surface area is 117 Å². The molecule has 1 saturated carbocycles. The molecule has 19 heavy (non-hydrogen) atoms. The Morgan fingerprint density at radius 2 is 1.95 bits per heavy atom. The molecule has 0 bridgehead atoms. The summed E-state index contributed by atoms with van der Waals surface area (Å²) >= 11 is 0. The lowest BCUT2D eigenvalue weighted by molar-refractivity contribution is -0.124. The van der Waals surface area contributed by atoms with Crippen LogP contribution in [0.3, 0.4) is 0 Å². The van der Waals surface area contributed by atoms with Crippen LogP contribution in [0.1, 0.15) is 52.4 Å². The molecule has 0 unspecified atom stereocenters. The molecule has 1 amide bonds. The fourth-order valence-electron chi connectivity index (χ4n) is 3.19. The van der Waals surface area contributed by atoms with Crippen molar-refractivity contribution in [2.45, 2.75) is 64.0 Å². The van der Waals surface area contributed by atoms with Crippen molar-refractivity contribution in [3.8, 4) is 0 Å². The summed E-state index contributed by atoms with van der Waals surface area (Å²) in [6, 6.07) is 0.418. The zero-order valence-corrected chi connectivity index (χ0v) is 12.5. The van der Waals surface area contributed by atoms with Crippen molar-refractivity contribution in [1.82, 2.24) is 15.5 Å². The van der Waals surface area contributed by atoms with E-state index in [0.29, 0.717) is 12.6 Å². The lowest BCUT2D eigenvalue weighted by Crippen LogP contribution is -2.60. The normalized spacial score (nSPS) is 25.8. The molecule has 1 aliphatic heterocycles. The second-order valence-electron chi connectivity index (χ2n) is 6.67. The van der Waals surface area contributed by atoms with E-state index in [1.807, 2.05) is 0 Å². The summed E-state index contributed by atoms with van der Waals surface area (Å²) in [5.74, 6) is 0.210. The zero-order chi connectivity index (χ0) is 13.7. The quantitative estimate of drug-likeness (QED) is 0.762. The second-order valence-corrected chi connectivity index (χ2v) is 6.67. The number of hydrogen-bond donors (Lipinski definition) is 2. The van der Waals surface area contributed by atoms with E-state index < -0.39 is 0 Å². The van der Waals surface area contributed by atoms with Gasteiger partial charge in [0.25, 0.3) is 0 Å². The van der Waals surface area contributed by atoms with Crippen molar-refractivity contribution >= 4 is 5.91 Å². The van der Waals surface area contributed by atoms with E-state index in [1.165, 1.54) is 25.7 Å². The molecule has 2 rings (SSSR count). The molecule has 2 N–H and O–H groups in total. The number of carbonyl (C=O) groups excluding carboxylic acids is 1. The molecule has 0 atom stereocenters. The van der Waals surface area contributed by atoms with Crippen molar-refractivity contribution in [2.24, 2.45) is 0 Å². The largest absolute Gasteiger partial charge is 0.352 e. The third-order valence-corrected chi connectivity index (χ3v) is 4.53. The van der Waals surface area contributed by atoms with Gasteiger partial charge in [-0.05, 0) is 26.7 Å². The van der Waals surface area contributed by atoms with Gasteiger partial charge in [0.2, 0.25) is 5.91 Å². The van der Waals surface area contributed by atoms with Crippen LogP contribution < -0.4 is 10.6 Å². The molecule has 110 valence electrons. The fourth-order valence-corrected chi connectivity index (χ4v) is 3.19. The second kappa shape index (κ2) is 6.71. The summed E-state index contributed by atoms with van der Waals surface area (Å²) < 4.78 is 0. The molecule has 0 aromatic heterocycles. The SMILES string of the molecule is CC1(C)CNCCN1CC(=O)NC1CCCCCC1. The molecule has 4 nitrogen and oxygen atoms in total. The Hall–Kier alpha value is -0.610. The maximum atomic E-state index is 12.2.